The molecule has 0 spiro atoms. The lowest BCUT2D eigenvalue weighted by molar-refractivity contribution is 0.0939. The van der Waals surface area contributed by atoms with Gasteiger partial charge in [-0.3, -0.25) is 14.4 Å². The molecule has 4 rings (SSSR count). The van der Waals surface area contributed by atoms with E-state index >= 15 is 0 Å². The van der Waals surface area contributed by atoms with Crippen molar-refractivity contribution in [2.45, 2.75) is 13.0 Å². The van der Waals surface area contributed by atoms with E-state index in [9.17, 15) is 14.4 Å². The molecule has 0 heterocycles. The van der Waals surface area contributed by atoms with Crippen molar-refractivity contribution in [3.8, 4) is 0 Å². The summed E-state index contributed by atoms with van der Waals surface area (Å²) in [6, 6.07) is 18.9. The van der Waals surface area contributed by atoms with E-state index in [0.29, 0.717) is 11.1 Å². The molecule has 28 heavy (non-hydrogen) atoms. The number of nitrogen functional groups attached to an aromatic ring is 1. The Morgan fingerprint density at radius 1 is 0.821 bits per heavy atom. The van der Waals surface area contributed by atoms with Gasteiger partial charge >= 0.3 is 0 Å². The van der Waals surface area contributed by atoms with Crippen LogP contribution in [0.15, 0.2) is 66.7 Å². The highest BCUT2D eigenvalue weighted by molar-refractivity contribution is 6.30. The molecule has 0 fully saturated rings. The van der Waals surface area contributed by atoms with E-state index < -0.39 is 5.91 Å². The largest absolute Gasteiger partial charge is 0.397 e. The van der Waals surface area contributed by atoms with E-state index in [4.69, 9.17) is 5.73 Å². The van der Waals surface area contributed by atoms with E-state index in [2.05, 4.69) is 5.32 Å². The minimum Gasteiger partial charge on any atom is -0.397 e. The molecule has 0 bridgehead atoms. The normalized spacial score (nSPS) is 13.5. The van der Waals surface area contributed by atoms with Gasteiger partial charge in [-0.05, 0) is 24.6 Å². The van der Waals surface area contributed by atoms with Crippen LogP contribution in [0.5, 0.6) is 0 Å². The van der Waals surface area contributed by atoms with Crippen LogP contribution >= 0.6 is 0 Å². The van der Waals surface area contributed by atoms with Crippen LogP contribution in [0.25, 0.3) is 0 Å². The summed E-state index contributed by atoms with van der Waals surface area (Å²) >= 11 is 0. The molecule has 5 heteroatoms. The number of amides is 1. The predicted molar refractivity (Wildman–Crippen MR) is 106 cm³/mol. The van der Waals surface area contributed by atoms with Crippen LogP contribution in [-0.4, -0.2) is 17.5 Å². The molecule has 0 saturated heterocycles. The van der Waals surface area contributed by atoms with Gasteiger partial charge in [0.25, 0.3) is 5.91 Å². The summed E-state index contributed by atoms with van der Waals surface area (Å²) in [5.74, 6) is -0.995. The van der Waals surface area contributed by atoms with Crippen molar-refractivity contribution in [3.05, 3.63) is 100 Å². The molecule has 0 aliphatic heterocycles. The summed E-state index contributed by atoms with van der Waals surface area (Å²) in [4.78, 5) is 38.5. The second kappa shape index (κ2) is 6.78. The van der Waals surface area contributed by atoms with E-state index in [1.54, 1.807) is 24.3 Å². The molecule has 1 amide bonds. The maximum absolute atomic E-state index is 12.9. The quantitative estimate of drug-likeness (QED) is 0.540. The Kier molecular flexibility index (Phi) is 4.28. The maximum atomic E-state index is 12.9. The van der Waals surface area contributed by atoms with Gasteiger partial charge in [0.15, 0.2) is 11.6 Å². The first-order valence-corrected chi connectivity index (χ1v) is 8.95. The zero-order valence-corrected chi connectivity index (χ0v) is 15.2. The Morgan fingerprint density at radius 2 is 1.43 bits per heavy atom. The van der Waals surface area contributed by atoms with Gasteiger partial charge in [0, 0.05) is 16.7 Å². The molecule has 3 aromatic carbocycles. The number of ketones is 2. The Hall–Kier alpha value is -3.73. The van der Waals surface area contributed by atoms with Gasteiger partial charge in [-0.1, -0.05) is 54.6 Å². The van der Waals surface area contributed by atoms with Crippen molar-refractivity contribution >= 4 is 23.2 Å². The summed E-state index contributed by atoms with van der Waals surface area (Å²) in [6.07, 6.45) is 0. The van der Waals surface area contributed by atoms with E-state index in [1.807, 2.05) is 37.3 Å². The smallest absolute Gasteiger partial charge is 0.253 e. The number of benzene rings is 3. The van der Waals surface area contributed by atoms with Crippen molar-refractivity contribution < 1.29 is 14.4 Å². The third-order valence-electron chi connectivity index (χ3n) is 5.03. The number of carbonyl (C=O) groups is 3. The molecule has 138 valence electrons. The zero-order chi connectivity index (χ0) is 19.8. The van der Waals surface area contributed by atoms with E-state index in [0.717, 1.165) is 5.56 Å². The summed E-state index contributed by atoms with van der Waals surface area (Å²) < 4.78 is 0. The monoisotopic (exact) mass is 370 g/mol. The fourth-order valence-electron chi connectivity index (χ4n) is 3.51. The first-order valence-electron chi connectivity index (χ1n) is 8.95. The van der Waals surface area contributed by atoms with Gasteiger partial charge < -0.3 is 11.1 Å². The van der Waals surface area contributed by atoms with Gasteiger partial charge in [0.05, 0.1) is 22.9 Å². The highest BCUT2D eigenvalue weighted by Gasteiger charge is 2.32. The van der Waals surface area contributed by atoms with Crippen LogP contribution in [0.2, 0.25) is 0 Å². The van der Waals surface area contributed by atoms with Gasteiger partial charge in [-0.15, -0.1) is 0 Å². The number of nitrogens with one attached hydrogen (secondary N) is 1. The van der Waals surface area contributed by atoms with E-state index in [1.165, 1.54) is 12.1 Å². The van der Waals surface area contributed by atoms with Crippen LogP contribution in [-0.2, 0) is 0 Å². The third kappa shape index (κ3) is 2.77. The summed E-state index contributed by atoms with van der Waals surface area (Å²) in [5.41, 5.74) is 8.35. The van der Waals surface area contributed by atoms with Crippen LogP contribution in [0, 0.1) is 0 Å². The predicted octanol–water partition coefficient (Wildman–Crippen LogP) is 3.54. The molecule has 1 aliphatic carbocycles. The SMILES string of the molecule is CC(NC(=O)c1ccc2c(c1N)C(=O)c1ccccc1C2=O)c1ccccc1. The van der Waals surface area contributed by atoms with Crippen LogP contribution in [0.1, 0.15) is 60.7 Å². The van der Waals surface area contributed by atoms with Crippen LogP contribution in [0.3, 0.4) is 0 Å². The molecule has 3 N–H and O–H groups in total. The van der Waals surface area contributed by atoms with Crippen molar-refractivity contribution in [3.63, 3.8) is 0 Å². The summed E-state index contributed by atoms with van der Waals surface area (Å²) in [7, 11) is 0. The molecule has 0 saturated carbocycles. The average Bonchev–Trinajstić information content (AvgIpc) is 2.72. The lowest BCUT2D eigenvalue weighted by Gasteiger charge is -2.21. The molecule has 1 atom stereocenters. The van der Waals surface area contributed by atoms with Gasteiger partial charge in [-0.25, -0.2) is 0 Å². The Bertz CT molecular complexity index is 1120. The Morgan fingerprint density at radius 3 is 2.11 bits per heavy atom. The van der Waals surface area contributed by atoms with Gasteiger partial charge in [0.2, 0.25) is 0 Å². The average molecular weight is 370 g/mol. The fourth-order valence-corrected chi connectivity index (χ4v) is 3.51. The first kappa shape index (κ1) is 17.7. The van der Waals surface area contributed by atoms with E-state index in [-0.39, 0.29) is 40.0 Å². The van der Waals surface area contributed by atoms with Crippen molar-refractivity contribution in [1.82, 2.24) is 5.32 Å². The minimum atomic E-state index is -0.393. The molecular weight excluding hydrogens is 352 g/mol. The maximum Gasteiger partial charge on any atom is 0.253 e. The molecule has 0 aromatic heterocycles. The summed E-state index contributed by atoms with van der Waals surface area (Å²) in [6.45, 7) is 1.87. The number of nitrogens with two attached hydrogens (primary N) is 1. The number of carbonyl (C=O) groups excluding carboxylic acids is 3. The number of anilines is 1. The highest BCUT2D eigenvalue weighted by atomic mass is 16.2. The minimum absolute atomic E-state index is 0.0307. The topological polar surface area (TPSA) is 89.3 Å². The number of rotatable bonds is 3. The molecule has 1 aliphatic rings. The lowest BCUT2D eigenvalue weighted by Crippen LogP contribution is -2.29. The third-order valence-corrected chi connectivity index (χ3v) is 5.03. The number of hydrogen-bond acceptors (Lipinski definition) is 4. The first-order chi connectivity index (χ1) is 13.5. The number of fused-ring (bicyclic) bond motifs is 2. The molecule has 1 unspecified atom stereocenters. The standard InChI is InChI=1S/C23H18N2O3/c1-13(14-7-3-2-4-8-14)25-23(28)18-12-11-17-19(20(18)24)22(27)16-10-6-5-9-15(16)21(17)26/h2-13H,24H2,1H3,(H,25,28). The molecular formula is C23H18N2O3. The Labute approximate surface area is 162 Å². The summed E-state index contributed by atoms with van der Waals surface area (Å²) in [5, 5.41) is 2.89. The van der Waals surface area contributed by atoms with Crippen LogP contribution in [0.4, 0.5) is 5.69 Å². The van der Waals surface area contributed by atoms with Crippen LogP contribution < -0.4 is 11.1 Å². The highest BCUT2D eigenvalue weighted by Crippen LogP contribution is 2.32. The second-order valence-corrected chi connectivity index (χ2v) is 6.76. The zero-order valence-electron chi connectivity index (χ0n) is 15.2. The Balaban J connectivity index is 1.71. The molecule has 5 nitrogen and oxygen atoms in total. The number of hydrogen-bond donors (Lipinski definition) is 2. The fraction of sp³-hybridized carbons (Fsp3) is 0.0870. The van der Waals surface area contributed by atoms with Gasteiger partial charge in [-0.2, -0.15) is 0 Å². The van der Waals surface area contributed by atoms with Gasteiger partial charge in [0.1, 0.15) is 0 Å². The van der Waals surface area contributed by atoms with Crippen molar-refractivity contribution in [2.75, 3.05) is 5.73 Å². The molecule has 0 radical (unpaired) electrons. The lowest BCUT2D eigenvalue weighted by atomic mass is 9.82. The second-order valence-electron chi connectivity index (χ2n) is 6.76. The molecule has 3 aromatic rings. The van der Waals surface area contributed by atoms with Crippen molar-refractivity contribution in [1.29, 1.82) is 0 Å². The van der Waals surface area contributed by atoms with Crippen molar-refractivity contribution in [2.24, 2.45) is 0 Å².